The summed E-state index contributed by atoms with van der Waals surface area (Å²) in [5.74, 6) is 0.365. The number of nitrogens with zero attached hydrogens (tertiary/aromatic N) is 2. The van der Waals surface area contributed by atoms with Crippen LogP contribution in [-0.2, 0) is 20.0 Å². The van der Waals surface area contributed by atoms with E-state index in [0.29, 0.717) is 49.7 Å². The van der Waals surface area contributed by atoms with Crippen molar-refractivity contribution in [1.29, 1.82) is 0 Å². The molecule has 1 N–H and O–H groups in total. The van der Waals surface area contributed by atoms with E-state index in [9.17, 15) is 21.6 Å². The molecule has 3 rings (SSSR count). The highest BCUT2D eigenvalue weighted by molar-refractivity contribution is 7.92. The lowest BCUT2D eigenvalue weighted by Crippen LogP contribution is -2.36. The summed E-state index contributed by atoms with van der Waals surface area (Å²) in [5.41, 5.74) is 0.733. The van der Waals surface area contributed by atoms with Gasteiger partial charge in [0.15, 0.2) is 0 Å². The zero-order valence-corrected chi connectivity index (χ0v) is 19.7. The Labute approximate surface area is 189 Å². The number of hydrogen-bond donors (Lipinski definition) is 1. The normalized spacial score (nSPS) is 15.8. The van der Waals surface area contributed by atoms with E-state index in [4.69, 9.17) is 4.74 Å². The average molecular weight is 482 g/mol. The van der Waals surface area contributed by atoms with E-state index in [1.807, 2.05) is 6.92 Å². The van der Waals surface area contributed by atoms with E-state index in [0.717, 1.165) is 6.26 Å². The van der Waals surface area contributed by atoms with Gasteiger partial charge in [-0.05, 0) is 61.9 Å². The third-order valence-corrected chi connectivity index (χ3v) is 7.74. The van der Waals surface area contributed by atoms with Gasteiger partial charge in [0.25, 0.3) is 15.9 Å². The van der Waals surface area contributed by atoms with E-state index >= 15 is 0 Å². The number of amides is 1. The van der Waals surface area contributed by atoms with Gasteiger partial charge < -0.3 is 9.64 Å². The summed E-state index contributed by atoms with van der Waals surface area (Å²) in [7, 11) is -7.08. The smallest absolute Gasteiger partial charge is 0.261 e. The summed E-state index contributed by atoms with van der Waals surface area (Å²) in [6.45, 7) is 3.73. The molecule has 0 aromatic heterocycles. The summed E-state index contributed by atoms with van der Waals surface area (Å²) < 4.78 is 57.9. The first-order valence-corrected chi connectivity index (χ1v) is 13.5. The van der Waals surface area contributed by atoms with Crippen LogP contribution < -0.4 is 9.46 Å². The third kappa shape index (κ3) is 5.99. The molecule has 0 aliphatic carbocycles. The molecule has 11 heteroatoms. The van der Waals surface area contributed by atoms with Crippen molar-refractivity contribution >= 4 is 31.6 Å². The molecule has 0 bridgehead atoms. The van der Waals surface area contributed by atoms with E-state index in [-0.39, 0.29) is 17.3 Å². The number of carbonyl (C=O) groups excluding carboxylic acids is 1. The van der Waals surface area contributed by atoms with Crippen LogP contribution in [0.25, 0.3) is 0 Å². The second-order valence-corrected chi connectivity index (χ2v) is 11.1. The summed E-state index contributed by atoms with van der Waals surface area (Å²) in [6.07, 6.45) is 1.72. The van der Waals surface area contributed by atoms with Crippen molar-refractivity contribution in [1.82, 2.24) is 9.21 Å². The van der Waals surface area contributed by atoms with Gasteiger partial charge in [-0.3, -0.25) is 9.52 Å². The Kier molecular flexibility index (Phi) is 7.42. The molecule has 1 amide bonds. The Morgan fingerprint density at radius 1 is 0.938 bits per heavy atom. The Morgan fingerprint density at radius 3 is 2.19 bits per heavy atom. The zero-order valence-electron chi connectivity index (χ0n) is 18.0. The topological polar surface area (TPSA) is 113 Å². The Morgan fingerprint density at radius 2 is 1.59 bits per heavy atom. The van der Waals surface area contributed by atoms with Crippen molar-refractivity contribution in [3.63, 3.8) is 0 Å². The fourth-order valence-corrected chi connectivity index (χ4v) is 5.32. The maximum atomic E-state index is 12.8. The highest BCUT2D eigenvalue weighted by Gasteiger charge is 2.24. The number of sulfonamides is 2. The molecule has 0 unspecified atom stereocenters. The molecule has 0 saturated carbocycles. The van der Waals surface area contributed by atoms with Crippen LogP contribution in [0.5, 0.6) is 5.75 Å². The molecule has 1 heterocycles. The molecule has 2 aromatic carbocycles. The van der Waals surface area contributed by atoms with Crippen LogP contribution in [-0.4, -0.2) is 71.0 Å². The first kappa shape index (κ1) is 24.0. The highest BCUT2D eigenvalue weighted by atomic mass is 32.2. The molecule has 0 spiro atoms. The Hall–Kier alpha value is -2.63. The minimum Gasteiger partial charge on any atom is -0.494 e. The van der Waals surface area contributed by atoms with Crippen LogP contribution >= 0.6 is 0 Å². The van der Waals surface area contributed by atoms with Crippen molar-refractivity contribution in [2.24, 2.45) is 0 Å². The monoisotopic (exact) mass is 481 g/mol. The Balaban J connectivity index is 1.66. The number of anilines is 1. The minimum absolute atomic E-state index is 0.0982. The molecule has 1 saturated heterocycles. The van der Waals surface area contributed by atoms with Gasteiger partial charge in [-0.1, -0.05) is 0 Å². The van der Waals surface area contributed by atoms with Gasteiger partial charge in [-0.25, -0.2) is 21.1 Å². The first-order chi connectivity index (χ1) is 15.1. The number of nitrogens with one attached hydrogen (secondary N) is 1. The summed E-state index contributed by atoms with van der Waals surface area (Å²) in [6, 6.07) is 12.3. The van der Waals surface area contributed by atoms with Crippen molar-refractivity contribution in [2.75, 3.05) is 43.8 Å². The molecular formula is C21H27N3O6S2. The lowest BCUT2D eigenvalue weighted by atomic mass is 10.2. The van der Waals surface area contributed by atoms with Crippen molar-refractivity contribution in [3.8, 4) is 5.75 Å². The molecule has 1 aliphatic rings. The van der Waals surface area contributed by atoms with Gasteiger partial charge in [-0.15, -0.1) is 0 Å². The summed E-state index contributed by atoms with van der Waals surface area (Å²) in [4.78, 5) is 14.5. The highest BCUT2D eigenvalue weighted by Crippen LogP contribution is 2.20. The zero-order chi connectivity index (χ0) is 23.4. The summed E-state index contributed by atoms with van der Waals surface area (Å²) in [5, 5.41) is 0. The van der Waals surface area contributed by atoms with Gasteiger partial charge in [0.1, 0.15) is 5.75 Å². The van der Waals surface area contributed by atoms with Crippen LogP contribution in [0.4, 0.5) is 5.69 Å². The maximum absolute atomic E-state index is 12.8. The lowest BCUT2D eigenvalue weighted by molar-refractivity contribution is 0.0764. The minimum atomic E-state index is -3.79. The number of carbonyl (C=O) groups is 1. The molecule has 174 valence electrons. The SMILES string of the molecule is CCOc1ccc(S(=O)(=O)Nc2ccc(C(=O)N3CCCN(S(C)(=O)=O)CC3)cc2)cc1. The largest absolute Gasteiger partial charge is 0.494 e. The van der Waals surface area contributed by atoms with Crippen LogP contribution in [0, 0.1) is 0 Å². The number of rotatable bonds is 7. The predicted octanol–water partition coefficient (Wildman–Crippen LogP) is 1.99. The van der Waals surface area contributed by atoms with Gasteiger partial charge >= 0.3 is 0 Å². The standard InChI is InChI=1S/C21H27N3O6S2/c1-3-30-19-9-11-20(12-10-19)32(28,29)22-18-7-5-17(6-8-18)21(25)23-13-4-14-24(16-15-23)31(2,26)27/h5-12,22H,3-4,13-16H2,1-2H3. The van der Waals surface area contributed by atoms with E-state index in [1.165, 1.54) is 28.6 Å². The van der Waals surface area contributed by atoms with Crippen molar-refractivity contribution < 1.29 is 26.4 Å². The fourth-order valence-electron chi connectivity index (χ4n) is 3.39. The Bertz CT molecular complexity index is 1150. The quantitative estimate of drug-likeness (QED) is 0.647. The molecule has 0 radical (unpaired) electrons. The fraction of sp³-hybridized carbons (Fsp3) is 0.381. The number of benzene rings is 2. The van der Waals surface area contributed by atoms with Crippen LogP contribution in [0.1, 0.15) is 23.7 Å². The second kappa shape index (κ2) is 9.88. The van der Waals surface area contributed by atoms with E-state index < -0.39 is 20.0 Å². The summed E-state index contributed by atoms with van der Waals surface area (Å²) >= 11 is 0. The van der Waals surface area contributed by atoms with Gasteiger partial charge in [0, 0.05) is 37.4 Å². The van der Waals surface area contributed by atoms with Crippen molar-refractivity contribution in [3.05, 3.63) is 54.1 Å². The van der Waals surface area contributed by atoms with E-state index in [2.05, 4.69) is 4.72 Å². The number of hydrogen-bond acceptors (Lipinski definition) is 6. The van der Waals surface area contributed by atoms with Crippen LogP contribution in [0.15, 0.2) is 53.4 Å². The second-order valence-electron chi connectivity index (χ2n) is 7.40. The van der Waals surface area contributed by atoms with Crippen molar-refractivity contribution in [2.45, 2.75) is 18.2 Å². The molecule has 9 nitrogen and oxygen atoms in total. The number of ether oxygens (including phenoxy) is 1. The van der Waals surface area contributed by atoms with Gasteiger partial charge in [0.05, 0.1) is 17.8 Å². The van der Waals surface area contributed by atoms with Crippen LogP contribution in [0.2, 0.25) is 0 Å². The first-order valence-electron chi connectivity index (χ1n) is 10.2. The van der Waals surface area contributed by atoms with Gasteiger partial charge in [0.2, 0.25) is 10.0 Å². The van der Waals surface area contributed by atoms with Gasteiger partial charge in [-0.2, -0.15) is 0 Å². The molecular weight excluding hydrogens is 454 g/mol. The average Bonchev–Trinajstić information content (AvgIpc) is 3.01. The predicted molar refractivity (Wildman–Crippen MR) is 122 cm³/mol. The molecule has 1 aliphatic heterocycles. The molecule has 32 heavy (non-hydrogen) atoms. The lowest BCUT2D eigenvalue weighted by Gasteiger charge is -2.21. The van der Waals surface area contributed by atoms with Crippen LogP contribution in [0.3, 0.4) is 0 Å². The maximum Gasteiger partial charge on any atom is 0.261 e. The molecule has 2 aromatic rings. The molecule has 1 fully saturated rings. The van der Waals surface area contributed by atoms with E-state index in [1.54, 1.807) is 29.2 Å². The molecule has 0 atom stereocenters. The third-order valence-electron chi connectivity index (χ3n) is 5.04.